The molecule has 1 saturated carbocycles. The SMILES string of the molecule is Cc1nc2c(N[C@H]3CC[C@H](N4CCOCC4)CC3)nc(Nc3cnn(C)c3)nc2s1. The van der Waals surface area contributed by atoms with Crippen molar-refractivity contribution in [2.75, 3.05) is 36.9 Å². The van der Waals surface area contributed by atoms with Crippen molar-refractivity contribution in [2.24, 2.45) is 7.05 Å². The molecule has 10 heteroatoms. The number of rotatable bonds is 5. The van der Waals surface area contributed by atoms with Crippen LogP contribution in [0.5, 0.6) is 0 Å². The van der Waals surface area contributed by atoms with E-state index in [9.17, 15) is 0 Å². The van der Waals surface area contributed by atoms with Crippen LogP contribution in [0.2, 0.25) is 0 Å². The topological polar surface area (TPSA) is 93.0 Å². The van der Waals surface area contributed by atoms with Crippen LogP contribution >= 0.6 is 11.3 Å². The average Bonchev–Trinajstić information content (AvgIpc) is 3.34. The molecule has 30 heavy (non-hydrogen) atoms. The van der Waals surface area contributed by atoms with Crippen LogP contribution in [0.15, 0.2) is 12.4 Å². The molecule has 2 fully saturated rings. The van der Waals surface area contributed by atoms with Crippen molar-refractivity contribution in [3.63, 3.8) is 0 Å². The lowest BCUT2D eigenvalue weighted by Crippen LogP contribution is -2.46. The minimum absolute atomic E-state index is 0.411. The zero-order chi connectivity index (χ0) is 20.5. The molecule has 0 amide bonds. The van der Waals surface area contributed by atoms with E-state index >= 15 is 0 Å². The lowest BCUT2D eigenvalue weighted by molar-refractivity contribution is 0.00791. The van der Waals surface area contributed by atoms with Crippen LogP contribution in [-0.4, -0.2) is 68.0 Å². The summed E-state index contributed by atoms with van der Waals surface area (Å²) in [6.07, 6.45) is 8.38. The molecule has 0 unspecified atom stereocenters. The molecule has 4 heterocycles. The van der Waals surface area contributed by atoms with E-state index in [1.54, 1.807) is 22.2 Å². The molecule has 5 rings (SSSR count). The second-order valence-corrected chi connectivity index (χ2v) is 9.29. The molecule has 160 valence electrons. The summed E-state index contributed by atoms with van der Waals surface area (Å²) in [6.45, 7) is 5.88. The Kier molecular flexibility index (Phi) is 5.53. The van der Waals surface area contributed by atoms with Crippen LogP contribution in [0, 0.1) is 6.92 Å². The highest BCUT2D eigenvalue weighted by molar-refractivity contribution is 7.18. The van der Waals surface area contributed by atoms with Gasteiger partial charge >= 0.3 is 0 Å². The summed E-state index contributed by atoms with van der Waals surface area (Å²) in [6, 6.07) is 1.09. The molecule has 0 atom stereocenters. The van der Waals surface area contributed by atoms with Crippen molar-refractivity contribution >= 4 is 39.1 Å². The van der Waals surface area contributed by atoms with E-state index < -0.39 is 0 Å². The fraction of sp³-hybridized carbons (Fsp3) is 0.600. The van der Waals surface area contributed by atoms with Crippen molar-refractivity contribution in [2.45, 2.75) is 44.7 Å². The third-order valence-electron chi connectivity index (χ3n) is 5.93. The van der Waals surface area contributed by atoms with Crippen molar-refractivity contribution in [3.05, 3.63) is 17.4 Å². The number of fused-ring (bicyclic) bond motifs is 1. The highest BCUT2D eigenvalue weighted by Gasteiger charge is 2.27. The number of thiazole rings is 1. The van der Waals surface area contributed by atoms with Gasteiger partial charge in [-0.2, -0.15) is 15.1 Å². The van der Waals surface area contributed by atoms with Gasteiger partial charge in [-0.3, -0.25) is 9.58 Å². The Labute approximate surface area is 179 Å². The Bertz CT molecular complexity index is 1000. The van der Waals surface area contributed by atoms with Crippen molar-refractivity contribution < 1.29 is 4.74 Å². The third-order valence-corrected chi connectivity index (χ3v) is 6.79. The quantitative estimate of drug-likeness (QED) is 0.641. The van der Waals surface area contributed by atoms with E-state index in [4.69, 9.17) is 9.72 Å². The first-order chi connectivity index (χ1) is 14.6. The van der Waals surface area contributed by atoms with Crippen LogP contribution < -0.4 is 10.6 Å². The first kappa shape index (κ1) is 19.7. The maximum absolute atomic E-state index is 5.50. The third kappa shape index (κ3) is 4.26. The van der Waals surface area contributed by atoms with Gasteiger partial charge in [0, 0.05) is 38.4 Å². The molecule has 3 aromatic heterocycles. The highest BCUT2D eigenvalue weighted by Crippen LogP contribution is 2.31. The fourth-order valence-corrected chi connectivity index (χ4v) is 5.21. The van der Waals surface area contributed by atoms with Gasteiger partial charge in [0.2, 0.25) is 5.95 Å². The minimum atomic E-state index is 0.411. The average molecular weight is 429 g/mol. The van der Waals surface area contributed by atoms with Gasteiger partial charge in [0.15, 0.2) is 10.6 Å². The Morgan fingerprint density at radius 3 is 2.63 bits per heavy atom. The summed E-state index contributed by atoms with van der Waals surface area (Å²) in [5, 5.41) is 12.1. The summed E-state index contributed by atoms with van der Waals surface area (Å²) in [7, 11) is 1.89. The smallest absolute Gasteiger partial charge is 0.230 e. The maximum Gasteiger partial charge on any atom is 0.230 e. The number of aromatic nitrogens is 5. The standard InChI is InChI=1S/C20H28N8OS/c1-13-22-17-18(23-14-3-5-16(6-4-14)28-7-9-29-10-8-28)25-20(26-19(17)30-13)24-15-11-21-27(2)12-15/h11-12,14,16H,3-10H2,1-2H3,(H2,23,24,25,26)/t14-,16-. The number of anilines is 3. The van der Waals surface area contributed by atoms with Crippen LogP contribution in [0.25, 0.3) is 10.3 Å². The van der Waals surface area contributed by atoms with E-state index in [0.717, 1.165) is 66.0 Å². The van der Waals surface area contributed by atoms with Gasteiger partial charge in [-0.15, -0.1) is 0 Å². The summed E-state index contributed by atoms with van der Waals surface area (Å²) in [4.78, 5) is 17.6. The van der Waals surface area contributed by atoms with Crippen LogP contribution in [0.3, 0.4) is 0 Å². The number of hydrogen-bond acceptors (Lipinski definition) is 9. The Hall–Kier alpha value is -2.30. The zero-order valence-electron chi connectivity index (χ0n) is 17.5. The van der Waals surface area contributed by atoms with Gasteiger partial charge in [-0.25, -0.2) is 4.98 Å². The monoisotopic (exact) mass is 428 g/mol. The normalized spacial score (nSPS) is 23.0. The van der Waals surface area contributed by atoms with Gasteiger partial charge in [0.05, 0.1) is 30.1 Å². The lowest BCUT2D eigenvalue weighted by Gasteiger charge is -2.39. The predicted octanol–water partition coefficient (Wildman–Crippen LogP) is 2.93. The van der Waals surface area contributed by atoms with Gasteiger partial charge in [0.1, 0.15) is 5.52 Å². The van der Waals surface area contributed by atoms with Crippen molar-refractivity contribution in [1.29, 1.82) is 0 Å². The molecule has 1 aliphatic heterocycles. The summed E-state index contributed by atoms with van der Waals surface area (Å²) in [5.74, 6) is 1.40. The van der Waals surface area contributed by atoms with Crippen molar-refractivity contribution in [1.82, 2.24) is 29.6 Å². The van der Waals surface area contributed by atoms with E-state index in [1.807, 2.05) is 20.2 Å². The Morgan fingerprint density at radius 1 is 1.10 bits per heavy atom. The second kappa shape index (κ2) is 8.44. The first-order valence-electron chi connectivity index (χ1n) is 10.6. The second-order valence-electron chi connectivity index (χ2n) is 8.11. The number of hydrogen-bond donors (Lipinski definition) is 2. The van der Waals surface area contributed by atoms with Crippen LogP contribution in [0.1, 0.15) is 30.7 Å². The summed E-state index contributed by atoms with van der Waals surface area (Å²) in [5.41, 5.74) is 1.74. The molecule has 1 saturated heterocycles. The van der Waals surface area contributed by atoms with E-state index in [-0.39, 0.29) is 0 Å². The molecule has 0 radical (unpaired) electrons. The summed E-state index contributed by atoms with van der Waals surface area (Å²) < 4.78 is 7.26. The van der Waals surface area contributed by atoms with Gasteiger partial charge in [-0.05, 0) is 32.6 Å². The van der Waals surface area contributed by atoms with Gasteiger partial charge in [-0.1, -0.05) is 11.3 Å². The summed E-state index contributed by atoms with van der Waals surface area (Å²) >= 11 is 1.60. The molecule has 9 nitrogen and oxygen atoms in total. The molecule has 2 aliphatic rings. The van der Waals surface area contributed by atoms with E-state index in [2.05, 4.69) is 30.6 Å². The zero-order valence-corrected chi connectivity index (χ0v) is 18.3. The highest BCUT2D eigenvalue weighted by atomic mass is 32.1. The van der Waals surface area contributed by atoms with Crippen LogP contribution in [0.4, 0.5) is 17.5 Å². The number of morpholine rings is 1. The number of nitrogens with one attached hydrogen (secondary N) is 2. The Balaban J connectivity index is 1.31. The van der Waals surface area contributed by atoms with Crippen LogP contribution in [-0.2, 0) is 11.8 Å². The molecule has 0 bridgehead atoms. The Morgan fingerprint density at radius 2 is 1.90 bits per heavy atom. The molecule has 2 N–H and O–H groups in total. The van der Waals surface area contributed by atoms with E-state index in [0.29, 0.717) is 18.0 Å². The number of ether oxygens (including phenoxy) is 1. The number of aryl methyl sites for hydroxylation is 2. The fourth-order valence-electron chi connectivity index (χ4n) is 4.42. The van der Waals surface area contributed by atoms with E-state index in [1.165, 1.54) is 12.8 Å². The van der Waals surface area contributed by atoms with Gasteiger partial charge < -0.3 is 15.4 Å². The molecule has 3 aromatic rings. The maximum atomic E-state index is 5.50. The number of nitrogens with zero attached hydrogens (tertiary/aromatic N) is 6. The molecule has 0 aromatic carbocycles. The largest absolute Gasteiger partial charge is 0.379 e. The molecule has 0 spiro atoms. The van der Waals surface area contributed by atoms with Crippen molar-refractivity contribution in [3.8, 4) is 0 Å². The molecular formula is C20H28N8OS. The predicted molar refractivity (Wildman–Crippen MR) is 118 cm³/mol. The molecular weight excluding hydrogens is 400 g/mol. The first-order valence-corrected chi connectivity index (χ1v) is 11.4. The van der Waals surface area contributed by atoms with Gasteiger partial charge in [0.25, 0.3) is 0 Å². The lowest BCUT2D eigenvalue weighted by atomic mass is 9.90. The molecule has 1 aliphatic carbocycles. The minimum Gasteiger partial charge on any atom is -0.379 e.